The van der Waals surface area contributed by atoms with Gasteiger partial charge >= 0.3 is 5.97 Å². The minimum absolute atomic E-state index is 0.0465. The van der Waals surface area contributed by atoms with Crippen LogP contribution in [0.3, 0.4) is 0 Å². The maximum absolute atomic E-state index is 12.7. The highest BCUT2D eigenvalue weighted by Crippen LogP contribution is 2.57. The van der Waals surface area contributed by atoms with Crippen LogP contribution in [0.4, 0.5) is 0 Å². The number of fused-ring (bicyclic) bond motifs is 3. The van der Waals surface area contributed by atoms with Gasteiger partial charge < -0.3 is 14.2 Å². The second-order valence-electron chi connectivity index (χ2n) is 7.38. The third-order valence-electron chi connectivity index (χ3n) is 5.91. The van der Waals surface area contributed by atoms with Gasteiger partial charge in [0.25, 0.3) is 0 Å². The molecule has 24 heavy (non-hydrogen) atoms. The van der Waals surface area contributed by atoms with Crippen molar-refractivity contribution in [2.75, 3.05) is 7.11 Å². The highest BCUT2D eigenvalue weighted by Gasteiger charge is 2.56. The number of esters is 1. The number of carbonyl (C=O) groups excluding carboxylic acids is 1. The van der Waals surface area contributed by atoms with Gasteiger partial charge in [-0.1, -0.05) is 18.2 Å². The van der Waals surface area contributed by atoms with Gasteiger partial charge in [0.15, 0.2) is 5.79 Å². The first kappa shape index (κ1) is 15.9. The predicted octanol–water partition coefficient (Wildman–Crippen LogP) is 3.41. The monoisotopic (exact) mass is 328 g/mol. The number of methoxy groups -OCH3 is 1. The molecule has 128 valence electrons. The fraction of sp³-hybridized carbons (Fsp3) is 0.550. The molecule has 1 aliphatic heterocycles. The first-order valence-corrected chi connectivity index (χ1v) is 8.67. The lowest BCUT2D eigenvalue weighted by molar-refractivity contribution is -0.160. The molecule has 0 N–H and O–H groups in total. The molecule has 2 aliphatic carbocycles. The number of carbonyl (C=O) groups is 1. The fourth-order valence-corrected chi connectivity index (χ4v) is 4.55. The average molecular weight is 328 g/mol. The van der Waals surface area contributed by atoms with Crippen molar-refractivity contribution < 1.29 is 19.0 Å². The van der Waals surface area contributed by atoms with E-state index in [0.717, 1.165) is 5.57 Å². The SMILES string of the molecule is COC(=O)C12CCC3(C=C1c1c(C)cccc1C2)OC(C)C(C)O3. The molecule has 1 heterocycles. The summed E-state index contributed by atoms with van der Waals surface area (Å²) in [5, 5.41) is 0. The Bertz CT molecular complexity index is 725. The molecule has 3 atom stereocenters. The Morgan fingerprint density at radius 1 is 1.21 bits per heavy atom. The minimum atomic E-state index is -0.713. The van der Waals surface area contributed by atoms with Gasteiger partial charge in [-0.15, -0.1) is 0 Å². The summed E-state index contributed by atoms with van der Waals surface area (Å²) in [4.78, 5) is 12.7. The standard InChI is InChI=1S/C20H24O4/c1-12-6-5-7-15-10-19(18(21)22-4)8-9-20(11-16(19)17(12)15)23-13(2)14(3)24-20/h5-7,11,13-14H,8-10H2,1-4H3. The summed E-state index contributed by atoms with van der Waals surface area (Å²) in [7, 11) is 1.47. The second kappa shape index (κ2) is 5.17. The highest BCUT2D eigenvalue weighted by molar-refractivity contribution is 5.98. The largest absolute Gasteiger partial charge is 0.468 e. The predicted molar refractivity (Wildman–Crippen MR) is 90.4 cm³/mol. The molecular formula is C20H24O4. The summed E-state index contributed by atoms with van der Waals surface area (Å²) in [5.74, 6) is -0.867. The van der Waals surface area contributed by atoms with E-state index < -0.39 is 11.2 Å². The van der Waals surface area contributed by atoms with Crippen LogP contribution in [-0.4, -0.2) is 31.1 Å². The van der Waals surface area contributed by atoms with Gasteiger partial charge in [-0.3, -0.25) is 4.79 Å². The van der Waals surface area contributed by atoms with Crippen molar-refractivity contribution in [3.63, 3.8) is 0 Å². The van der Waals surface area contributed by atoms with Crippen molar-refractivity contribution in [2.45, 2.75) is 58.0 Å². The first-order valence-electron chi connectivity index (χ1n) is 8.67. The zero-order valence-corrected chi connectivity index (χ0v) is 14.7. The van der Waals surface area contributed by atoms with E-state index in [2.05, 4.69) is 31.2 Å². The van der Waals surface area contributed by atoms with Gasteiger partial charge in [0.2, 0.25) is 0 Å². The summed E-state index contributed by atoms with van der Waals surface area (Å²) in [6.07, 6.45) is 4.21. The van der Waals surface area contributed by atoms with E-state index in [0.29, 0.717) is 19.3 Å². The van der Waals surface area contributed by atoms with Gasteiger partial charge in [-0.25, -0.2) is 0 Å². The van der Waals surface area contributed by atoms with Crippen LogP contribution in [0.25, 0.3) is 5.57 Å². The van der Waals surface area contributed by atoms with Crippen molar-refractivity contribution in [3.05, 3.63) is 41.0 Å². The molecule has 1 spiro atoms. The third kappa shape index (κ3) is 2.02. The second-order valence-corrected chi connectivity index (χ2v) is 7.38. The molecule has 0 saturated carbocycles. The third-order valence-corrected chi connectivity index (χ3v) is 5.91. The maximum Gasteiger partial charge on any atom is 0.316 e. The molecule has 3 unspecified atom stereocenters. The van der Waals surface area contributed by atoms with Crippen LogP contribution in [0.5, 0.6) is 0 Å². The number of aryl methyl sites for hydroxylation is 1. The van der Waals surface area contributed by atoms with Crippen LogP contribution in [0.1, 0.15) is 43.4 Å². The number of benzene rings is 1. The lowest BCUT2D eigenvalue weighted by Crippen LogP contribution is -2.42. The van der Waals surface area contributed by atoms with Crippen LogP contribution in [0, 0.1) is 12.3 Å². The topological polar surface area (TPSA) is 44.8 Å². The zero-order valence-electron chi connectivity index (χ0n) is 14.7. The summed E-state index contributed by atoms with van der Waals surface area (Å²) in [5.41, 5.74) is 3.98. The molecular weight excluding hydrogens is 304 g/mol. The van der Waals surface area contributed by atoms with Crippen molar-refractivity contribution in [2.24, 2.45) is 5.41 Å². The molecule has 4 rings (SSSR count). The maximum atomic E-state index is 12.7. The molecule has 0 aromatic heterocycles. The molecule has 1 aromatic rings. The molecule has 3 aliphatic rings. The smallest absolute Gasteiger partial charge is 0.316 e. The van der Waals surface area contributed by atoms with Gasteiger partial charge in [0.1, 0.15) is 0 Å². The Hall–Kier alpha value is -1.65. The summed E-state index contributed by atoms with van der Waals surface area (Å²) in [6.45, 7) is 6.16. The molecule has 1 fully saturated rings. The lowest BCUT2D eigenvalue weighted by atomic mass is 9.71. The van der Waals surface area contributed by atoms with Gasteiger partial charge in [-0.2, -0.15) is 0 Å². The summed E-state index contributed by atoms with van der Waals surface area (Å²) in [6, 6.07) is 6.26. The quantitative estimate of drug-likeness (QED) is 0.741. The Morgan fingerprint density at radius 2 is 1.92 bits per heavy atom. The van der Waals surface area contributed by atoms with E-state index in [9.17, 15) is 4.79 Å². The molecule has 0 radical (unpaired) electrons. The van der Waals surface area contributed by atoms with Crippen molar-refractivity contribution in [1.29, 1.82) is 0 Å². The van der Waals surface area contributed by atoms with Crippen LogP contribution in [-0.2, 0) is 25.4 Å². The summed E-state index contributed by atoms with van der Waals surface area (Å²) >= 11 is 0. The van der Waals surface area contributed by atoms with Crippen LogP contribution >= 0.6 is 0 Å². The highest BCUT2D eigenvalue weighted by atomic mass is 16.8. The van der Waals surface area contributed by atoms with Crippen molar-refractivity contribution >= 4 is 11.5 Å². The van der Waals surface area contributed by atoms with Crippen LogP contribution < -0.4 is 0 Å². The zero-order chi connectivity index (χ0) is 17.1. The Balaban J connectivity index is 1.89. The Kier molecular flexibility index (Phi) is 3.42. The molecule has 0 amide bonds. The van der Waals surface area contributed by atoms with E-state index in [1.165, 1.54) is 23.8 Å². The normalized spacial score (nSPS) is 37.1. The van der Waals surface area contributed by atoms with Gasteiger partial charge in [-0.05, 0) is 62.0 Å². The Morgan fingerprint density at radius 3 is 2.58 bits per heavy atom. The van der Waals surface area contributed by atoms with Crippen LogP contribution in [0.15, 0.2) is 24.3 Å². The van der Waals surface area contributed by atoms with Crippen molar-refractivity contribution in [3.8, 4) is 0 Å². The van der Waals surface area contributed by atoms with E-state index in [1.54, 1.807) is 0 Å². The number of ether oxygens (including phenoxy) is 3. The number of hydrogen-bond donors (Lipinski definition) is 0. The van der Waals surface area contributed by atoms with Crippen LogP contribution in [0.2, 0.25) is 0 Å². The number of rotatable bonds is 1. The molecule has 1 aromatic carbocycles. The van der Waals surface area contributed by atoms with E-state index in [4.69, 9.17) is 14.2 Å². The van der Waals surface area contributed by atoms with E-state index in [-0.39, 0.29) is 18.2 Å². The first-order chi connectivity index (χ1) is 11.4. The summed E-state index contributed by atoms with van der Waals surface area (Å²) < 4.78 is 17.5. The molecule has 4 heteroatoms. The average Bonchev–Trinajstić information content (AvgIpc) is 3.03. The van der Waals surface area contributed by atoms with E-state index >= 15 is 0 Å². The lowest BCUT2D eigenvalue weighted by Gasteiger charge is -2.38. The molecule has 0 bridgehead atoms. The van der Waals surface area contributed by atoms with Gasteiger partial charge in [0, 0.05) is 6.42 Å². The van der Waals surface area contributed by atoms with Gasteiger partial charge in [0.05, 0.1) is 24.7 Å². The fourth-order valence-electron chi connectivity index (χ4n) is 4.55. The van der Waals surface area contributed by atoms with E-state index in [1.807, 2.05) is 13.8 Å². The Labute approximate surface area is 142 Å². The minimum Gasteiger partial charge on any atom is -0.468 e. The number of hydrogen-bond acceptors (Lipinski definition) is 4. The van der Waals surface area contributed by atoms with Crippen molar-refractivity contribution in [1.82, 2.24) is 0 Å². The molecule has 4 nitrogen and oxygen atoms in total. The molecule has 1 saturated heterocycles.